The van der Waals surface area contributed by atoms with Crippen LogP contribution in [0.2, 0.25) is 0 Å². The highest BCUT2D eigenvalue weighted by Crippen LogP contribution is 2.20. The Hall–Kier alpha value is -1.62. The van der Waals surface area contributed by atoms with E-state index < -0.39 is 0 Å². The number of aryl methyl sites for hydroxylation is 1. The van der Waals surface area contributed by atoms with Crippen molar-refractivity contribution in [3.8, 4) is 5.75 Å². The first-order valence-corrected chi connectivity index (χ1v) is 6.23. The van der Waals surface area contributed by atoms with Crippen molar-refractivity contribution in [2.75, 3.05) is 13.1 Å². The Kier molecular flexibility index (Phi) is 5.09. The van der Waals surface area contributed by atoms with Crippen LogP contribution in [0.4, 0.5) is 0 Å². The fraction of sp³-hybridized carbons (Fsp3) is 0.385. The van der Waals surface area contributed by atoms with Gasteiger partial charge >= 0.3 is 0 Å². The molecule has 0 atom stereocenters. The molecule has 18 heavy (non-hydrogen) atoms. The van der Waals surface area contributed by atoms with Crippen LogP contribution in [0.25, 0.3) is 0 Å². The zero-order valence-electron chi connectivity index (χ0n) is 10.6. The van der Waals surface area contributed by atoms with Crippen molar-refractivity contribution in [1.29, 1.82) is 0 Å². The molecule has 3 N–H and O–H groups in total. The first kappa shape index (κ1) is 14.4. The van der Waals surface area contributed by atoms with Gasteiger partial charge in [-0.2, -0.15) is 0 Å². The lowest BCUT2D eigenvalue weighted by atomic mass is 10.1. The van der Waals surface area contributed by atoms with Gasteiger partial charge in [-0.1, -0.05) is 18.3 Å². The van der Waals surface area contributed by atoms with Crippen LogP contribution in [0.5, 0.6) is 5.75 Å². The molecule has 0 aliphatic heterocycles. The van der Waals surface area contributed by atoms with E-state index in [9.17, 15) is 9.90 Å². The molecule has 4 nitrogen and oxygen atoms in total. The number of phenolic OH excluding ortho intramolecular Hbond substituents is 1. The van der Waals surface area contributed by atoms with E-state index in [4.69, 9.17) is 18.0 Å². The minimum Gasteiger partial charge on any atom is -0.507 e. The zero-order chi connectivity index (χ0) is 13.7. The quantitative estimate of drug-likeness (QED) is 0.798. The van der Waals surface area contributed by atoms with Crippen molar-refractivity contribution in [3.05, 3.63) is 29.3 Å². The summed E-state index contributed by atoms with van der Waals surface area (Å²) in [5.41, 5.74) is 6.65. The molecule has 1 amide bonds. The second-order valence-corrected chi connectivity index (χ2v) is 4.65. The van der Waals surface area contributed by atoms with Gasteiger partial charge in [0.15, 0.2) is 0 Å². The summed E-state index contributed by atoms with van der Waals surface area (Å²) >= 11 is 4.80. The molecule has 0 unspecified atom stereocenters. The lowest BCUT2D eigenvalue weighted by molar-refractivity contribution is 0.0766. The maximum Gasteiger partial charge on any atom is 0.257 e. The maximum atomic E-state index is 12.2. The highest BCUT2D eigenvalue weighted by Gasteiger charge is 2.17. The van der Waals surface area contributed by atoms with E-state index >= 15 is 0 Å². The average molecular weight is 266 g/mol. The molecule has 0 spiro atoms. The minimum absolute atomic E-state index is 0.00813. The fourth-order valence-corrected chi connectivity index (χ4v) is 1.73. The first-order valence-electron chi connectivity index (χ1n) is 5.83. The number of rotatable bonds is 5. The second-order valence-electron chi connectivity index (χ2n) is 4.12. The molecule has 0 aliphatic carbocycles. The molecule has 5 heteroatoms. The first-order chi connectivity index (χ1) is 8.45. The van der Waals surface area contributed by atoms with Crippen LogP contribution in [0.3, 0.4) is 0 Å². The number of carbonyl (C=O) groups is 1. The Bertz CT molecular complexity index is 460. The summed E-state index contributed by atoms with van der Waals surface area (Å²) in [7, 11) is 0. The number of amides is 1. The number of hydrogen-bond donors (Lipinski definition) is 2. The highest BCUT2D eigenvalue weighted by molar-refractivity contribution is 7.80. The van der Waals surface area contributed by atoms with Crippen LogP contribution in [0.1, 0.15) is 29.3 Å². The number of hydrogen-bond acceptors (Lipinski definition) is 3. The van der Waals surface area contributed by atoms with Crippen molar-refractivity contribution < 1.29 is 9.90 Å². The monoisotopic (exact) mass is 266 g/mol. The summed E-state index contributed by atoms with van der Waals surface area (Å²) in [6, 6.07) is 5.01. The summed E-state index contributed by atoms with van der Waals surface area (Å²) in [5, 5.41) is 9.79. The summed E-state index contributed by atoms with van der Waals surface area (Å²) in [4.78, 5) is 14.2. The molecular formula is C13H18N2O2S. The lowest BCUT2D eigenvalue weighted by Gasteiger charge is -2.21. The van der Waals surface area contributed by atoms with Crippen molar-refractivity contribution in [3.63, 3.8) is 0 Å². The molecule has 1 rings (SSSR count). The zero-order valence-corrected chi connectivity index (χ0v) is 11.5. The van der Waals surface area contributed by atoms with Gasteiger partial charge in [-0.25, -0.2) is 0 Å². The van der Waals surface area contributed by atoms with Crippen LogP contribution in [-0.2, 0) is 0 Å². The SMILES string of the molecule is CCN(CCC(N)=S)C(=O)c1ccc(C)cc1O. The number of benzene rings is 1. The van der Waals surface area contributed by atoms with E-state index in [0.717, 1.165) is 5.56 Å². The smallest absolute Gasteiger partial charge is 0.257 e. The Morgan fingerprint density at radius 3 is 2.67 bits per heavy atom. The van der Waals surface area contributed by atoms with Gasteiger partial charge in [-0.15, -0.1) is 0 Å². The molecule has 0 saturated heterocycles. The van der Waals surface area contributed by atoms with E-state index in [1.165, 1.54) is 0 Å². The van der Waals surface area contributed by atoms with E-state index in [0.29, 0.717) is 30.1 Å². The molecule has 98 valence electrons. The van der Waals surface area contributed by atoms with Gasteiger partial charge in [-0.05, 0) is 31.5 Å². The number of carbonyl (C=O) groups excluding carboxylic acids is 1. The average Bonchev–Trinajstić information content (AvgIpc) is 2.29. The standard InChI is InChI=1S/C13H18N2O2S/c1-3-15(7-6-12(14)18)13(17)10-5-4-9(2)8-11(10)16/h4-5,8,16H,3,6-7H2,1-2H3,(H2,14,18). The van der Waals surface area contributed by atoms with Crippen LogP contribution in [-0.4, -0.2) is 34.0 Å². The Morgan fingerprint density at radius 1 is 1.50 bits per heavy atom. The van der Waals surface area contributed by atoms with Crippen molar-refractivity contribution in [1.82, 2.24) is 4.90 Å². The van der Waals surface area contributed by atoms with Gasteiger partial charge in [0.1, 0.15) is 5.75 Å². The molecule has 0 radical (unpaired) electrons. The van der Waals surface area contributed by atoms with Crippen molar-refractivity contribution in [2.24, 2.45) is 5.73 Å². The molecule has 0 saturated carbocycles. The Labute approximate surface area is 112 Å². The Morgan fingerprint density at radius 2 is 2.17 bits per heavy atom. The van der Waals surface area contributed by atoms with Crippen LogP contribution >= 0.6 is 12.2 Å². The van der Waals surface area contributed by atoms with E-state index in [2.05, 4.69) is 0 Å². The van der Waals surface area contributed by atoms with E-state index in [1.807, 2.05) is 13.8 Å². The predicted molar refractivity (Wildman–Crippen MR) is 75.8 cm³/mol. The maximum absolute atomic E-state index is 12.2. The van der Waals surface area contributed by atoms with Gasteiger partial charge in [0.05, 0.1) is 10.6 Å². The number of nitrogens with two attached hydrogens (primary N) is 1. The number of phenols is 1. The molecular weight excluding hydrogens is 248 g/mol. The second kappa shape index (κ2) is 6.35. The fourth-order valence-electron chi connectivity index (χ4n) is 1.64. The summed E-state index contributed by atoms with van der Waals surface area (Å²) in [6.07, 6.45) is 0.488. The molecule has 1 aromatic carbocycles. The molecule has 0 aromatic heterocycles. The van der Waals surface area contributed by atoms with Gasteiger partial charge < -0.3 is 15.7 Å². The van der Waals surface area contributed by atoms with E-state index in [-0.39, 0.29) is 11.7 Å². The topological polar surface area (TPSA) is 66.6 Å². The molecule has 0 fully saturated rings. The largest absolute Gasteiger partial charge is 0.507 e. The molecule has 0 bridgehead atoms. The highest BCUT2D eigenvalue weighted by atomic mass is 32.1. The third kappa shape index (κ3) is 3.70. The normalized spacial score (nSPS) is 10.1. The number of thiocarbonyl (C=S) groups is 1. The van der Waals surface area contributed by atoms with Gasteiger partial charge in [-0.3, -0.25) is 4.79 Å². The summed E-state index contributed by atoms with van der Waals surface area (Å²) < 4.78 is 0. The van der Waals surface area contributed by atoms with Gasteiger partial charge in [0.25, 0.3) is 5.91 Å². The van der Waals surface area contributed by atoms with Crippen LogP contribution in [0.15, 0.2) is 18.2 Å². The van der Waals surface area contributed by atoms with Gasteiger partial charge in [0, 0.05) is 19.5 Å². The third-order valence-corrected chi connectivity index (χ3v) is 2.88. The summed E-state index contributed by atoms with van der Waals surface area (Å²) in [6.45, 7) is 4.76. The number of nitrogens with zero attached hydrogens (tertiary/aromatic N) is 1. The molecule has 1 aromatic rings. The number of aromatic hydroxyl groups is 1. The van der Waals surface area contributed by atoms with Crippen molar-refractivity contribution in [2.45, 2.75) is 20.3 Å². The predicted octanol–water partition coefficient (Wildman–Crippen LogP) is 1.84. The van der Waals surface area contributed by atoms with Crippen LogP contribution in [0, 0.1) is 6.92 Å². The minimum atomic E-state index is -0.203. The van der Waals surface area contributed by atoms with Gasteiger partial charge in [0.2, 0.25) is 0 Å². The molecule has 0 aliphatic rings. The third-order valence-electron chi connectivity index (χ3n) is 2.68. The molecule has 0 heterocycles. The summed E-state index contributed by atoms with van der Waals surface area (Å²) in [5.74, 6) is -0.194. The van der Waals surface area contributed by atoms with Crippen molar-refractivity contribution >= 4 is 23.1 Å². The Balaban J connectivity index is 2.86. The van der Waals surface area contributed by atoms with Crippen LogP contribution < -0.4 is 5.73 Å². The van der Waals surface area contributed by atoms with E-state index in [1.54, 1.807) is 23.1 Å². The lowest BCUT2D eigenvalue weighted by Crippen LogP contribution is -2.33.